The summed E-state index contributed by atoms with van der Waals surface area (Å²) in [6, 6.07) is 3.37. The predicted octanol–water partition coefficient (Wildman–Crippen LogP) is 3.00. The summed E-state index contributed by atoms with van der Waals surface area (Å²) < 4.78 is 21.2. The lowest BCUT2D eigenvalue weighted by Gasteiger charge is -2.29. The van der Waals surface area contributed by atoms with E-state index in [0.29, 0.717) is 31.5 Å². The first kappa shape index (κ1) is 25.8. The number of nitrogens with zero attached hydrogens (tertiary/aromatic N) is 4. The van der Waals surface area contributed by atoms with E-state index in [1.165, 1.54) is 21.6 Å². The van der Waals surface area contributed by atoms with Crippen LogP contribution in [0.4, 0.5) is 10.1 Å². The first-order chi connectivity index (χ1) is 17.2. The number of aromatic nitrogens is 2. The number of likely N-dealkylation sites (N-methyl/N-ethyl adjacent to an activating group) is 1. The summed E-state index contributed by atoms with van der Waals surface area (Å²) in [6.07, 6.45) is 2.44. The number of ether oxygens (including phenoxy) is 1. The molecule has 2 aromatic rings. The van der Waals surface area contributed by atoms with E-state index >= 15 is 0 Å². The molecule has 0 saturated heterocycles. The SMILES string of the molecule is CC[C@H]1COC[C@@H]2c3nc(c(O)c(=O)n31)C(=O)CCc1ccc(F)cc1N(C)CCCCC(=O)N2C. The molecule has 0 radical (unpaired) electrons. The number of fused-ring (bicyclic) bond motifs is 2. The Bertz CT molecular complexity index is 1210. The minimum absolute atomic E-state index is 0.0247. The number of carbonyl (C=O) groups is 2. The van der Waals surface area contributed by atoms with E-state index in [-0.39, 0.29) is 55.3 Å². The quantitative estimate of drug-likeness (QED) is 0.642. The second-order valence-electron chi connectivity index (χ2n) is 9.54. The van der Waals surface area contributed by atoms with Crippen molar-refractivity contribution in [2.24, 2.45) is 0 Å². The van der Waals surface area contributed by atoms with E-state index in [4.69, 9.17) is 4.74 Å². The Morgan fingerprint density at radius 3 is 2.64 bits per heavy atom. The zero-order valence-corrected chi connectivity index (χ0v) is 21.0. The lowest BCUT2D eigenvalue weighted by Crippen LogP contribution is -2.38. The van der Waals surface area contributed by atoms with Gasteiger partial charge in [0.1, 0.15) is 17.7 Å². The highest BCUT2D eigenvalue weighted by Crippen LogP contribution is 2.30. The average Bonchev–Trinajstić information content (AvgIpc) is 3.05. The van der Waals surface area contributed by atoms with E-state index in [1.54, 1.807) is 13.1 Å². The van der Waals surface area contributed by atoms with Crippen molar-refractivity contribution in [3.63, 3.8) is 0 Å². The van der Waals surface area contributed by atoms with Crippen LogP contribution in [-0.4, -0.2) is 65.1 Å². The molecule has 0 fully saturated rings. The van der Waals surface area contributed by atoms with Crippen LogP contribution in [0, 0.1) is 5.82 Å². The molecule has 0 saturated carbocycles. The third-order valence-corrected chi connectivity index (χ3v) is 7.18. The third-order valence-electron chi connectivity index (χ3n) is 7.18. The number of aryl methyl sites for hydroxylation is 1. The number of benzene rings is 1. The number of ketones is 1. The monoisotopic (exact) mass is 500 g/mol. The Labute approximate surface area is 209 Å². The molecular weight excluding hydrogens is 467 g/mol. The van der Waals surface area contributed by atoms with Gasteiger partial charge in [0.2, 0.25) is 11.7 Å². The van der Waals surface area contributed by atoms with Crippen molar-refractivity contribution in [2.45, 2.75) is 57.5 Å². The molecule has 2 bridgehead atoms. The summed E-state index contributed by atoms with van der Waals surface area (Å²) >= 11 is 0. The Morgan fingerprint density at radius 1 is 1.11 bits per heavy atom. The van der Waals surface area contributed by atoms with Gasteiger partial charge in [-0.2, -0.15) is 0 Å². The number of hydrogen-bond acceptors (Lipinski definition) is 7. The second kappa shape index (κ2) is 10.8. The molecule has 0 spiro atoms. The van der Waals surface area contributed by atoms with E-state index in [0.717, 1.165) is 12.0 Å². The molecule has 0 unspecified atom stereocenters. The van der Waals surface area contributed by atoms with Gasteiger partial charge in [-0.25, -0.2) is 9.37 Å². The molecule has 0 aliphatic carbocycles. The first-order valence-electron chi connectivity index (χ1n) is 12.4. The van der Waals surface area contributed by atoms with Gasteiger partial charge in [0, 0.05) is 39.2 Å². The van der Waals surface area contributed by atoms with Gasteiger partial charge in [0.15, 0.2) is 11.5 Å². The van der Waals surface area contributed by atoms with Crippen LogP contribution >= 0.6 is 0 Å². The van der Waals surface area contributed by atoms with Crippen LogP contribution in [0.25, 0.3) is 0 Å². The summed E-state index contributed by atoms with van der Waals surface area (Å²) in [6.45, 7) is 2.87. The molecular formula is C26H33FN4O5. The normalized spacial score (nSPS) is 21.8. The van der Waals surface area contributed by atoms with Crippen LogP contribution in [0.2, 0.25) is 0 Å². The van der Waals surface area contributed by atoms with Gasteiger partial charge < -0.3 is 19.6 Å². The fraction of sp³-hybridized carbons (Fsp3) is 0.538. The van der Waals surface area contributed by atoms with Crippen molar-refractivity contribution in [3.8, 4) is 5.75 Å². The number of aromatic hydroxyl groups is 1. The number of Topliss-reactive ketones (excluding diaryl/α,β-unsaturated/α-hetero) is 1. The Morgan fingerprint density at radius 2 is 1.89 bits per heavy atom. The molecule has 194 valence electrons. The number of rotatable bonds is 1. The van der Waals surface area contributed by atoms with Crippen LogP contribution in [0.15, 0.2) is 23.0 Å². The first-order valence-corrected chi connectivity index (χ1v) is 12.4. The lowest BCUT2D eigenvalue weighted by molar-refractivity contribution is -0.133. The van der Waals surface area contributed by atoms with Gasteiger partial charge in [-0.15, -0.1) is 0 Å². The van der Waals surface area contributed by atoms with Gasteiger partial charge in [0.05, 0.1) is 19.3 Å². The van der Waals surface area contributed by atoms with Gasteiger partial charge in [-0.3, -0.25) is 19.0 Å². The fourth-order valence-electron chi connectivity index (χ4n) is 4.94. The Balaban J connectivity index is 1.82. The van der Waals surface area contributed by atoms with Crippen LogP contribution in [0.3, 0.4) is 0 Å². The van der Waals surface area contributed by atoms with Gasteiger partial charge in [0.25, 0.3) is 5.56 Å². The van der Waals surface area contributed by atoms with E-state index in [9.17, 15) is 23.9 Å². The molecule has 36 heavy (non-hydrogen) atoms. The summed E-state index contributed by atoms with van der Waals surface area (Å²) in [4.78, 5) is 47.6. The third kappa shape index (κ3) is 5.00. The van der Waals surface area contributed by atoms with Crippen LogP contribution in [0.1, 0.15) is 73.0 Å². The minimum atomic E-state index is -0.713. The number of halogens is 1. The van der Waals surface area contributed by atoms with Crippen molar-refractivity contribution < 1.29 is 23.8 Å². The summed E-state index contributed by atoms with van der Waals surface area (Å²) in [5.41, 5.74) is 0.423. The largest absolute Gasteiger partial charge is 0.501 e. The maximum absolute atomic E-state index is 14.0. The maximum atomic E-state index is 14.0. The van der Waals surface area contributed by atoms with Crippen LogP contribution in [-0.2, 0) is 16.0 Å². The molecule has 9 nitrogen and oxygen atoms in total. The zero-order chi connectivity index (χ0) is 26.0. The highest BCUT2D eigenvalue weighted by atomic mass is 19.1. The number of hydrogen-bond donors (Lipinski definition) is 1. The molecule has 1 aromatic carbocycles. The van der Waals surface area contributed by atoms with Crippen molar-refractivity contribution in [2.75, 3.05) is 38.8 Å². The van der Waals surface area contributed by atoms with Crippen LogP contribution in [0.5, 0.6) is 5.75 Å². The van der Waals surface area contributed by atoms with Crippen molar-refractivity contribution >= 4 is 17.4 Å². The number of amides is 1. The molecule has 2 aliphatic heterocycles. The topological polar surface area (TPSA) is 105 Å². The molecule has 1 amide bonds. The van der Waals surface area contributed by atoms with Crippen molar-refractivity contribution in [1.82, 2.24) is 14.5 Å². The van der Waals surface area contributed by atoms with Gasteiger partial charge in [-0.05, 0) is 43.4 Å². The van der Waals surface area contributed by atoms with E-state index < -0.39 is 23.1 Å². The Kier molecular flexibility index (Phi) is 7.73. The number of anilines is 1. The molecule has 2 aliphatic rings. The van der Waals surface area contributed by atoms with Gasteiger partial charge >= 0.3 is 0 Å². The second-order valence-corrected chi connectivity index (χ2v) is 9.54. The Hall–Kier alpha value is -3.27. The standard InChI is InChI=1S/C26H33FN4O5/c1-4-18-14-36-15-20-25-28-23(24(34)26(35)31(18)25)21(32)11-9-16-8-10-17(27)13-19(16)29(2)12-6-5-7-22(33)30(20)3/h8,10,13,18,20,34H,4-7,9,11-12,14-15H2,1-3H3/t18-,20+/m0/s1. The molecule has 2 atom stereocenters. The maximum Gasteiger partial charge on any atom is 0.296 e. The minimum Gasteiger partial charge on any atom is -0.501 e. The average molecular weight is 501 g/mol. The molecule has 1 N–H and O–H groups in total. The molecule has 10 heteroatoms. The summed E-state index contributed by atoms with van der Waals surface area (Å²) in [5.74, 6) is -1.47. The highest BCUT2D eigenvalue weighted by Gasteiger charge is 2.34. The van der Waals surface area contributed by atoms with Crippen LogP contribution < -0.4 is 10.5 Å². The molecule has 3 heterocycles. The lowest BCUT2D eigenvalue weighted by atomic mass is 10.0. The van der Waals surface area contributed by atoms with Crippen molar-refractivity contribution in [3.05, 3.63) is 51.5 Å². The number of carbonyl (C=O) groups excluding carboxylic acids is 2. The van der Waals surface area contributed by atoms with E-state index in [2.05, 4.69) is 4.98 Å². The predicted molar refractivity (Wildman–Crippen MR) is 132 cm³/mol. The smallest absolute Gasteiger partial charge is 0.296 e. The molecule has 4 rings (SSSR count). The summed E-state index contributed by atoms with van der Waals surface area (Å²) in [7, 11) is 3.49. The zero-order valence-electron chi connectivity index (χ0n) is 21.0. The highest BCUT2D eigenvalue weighted by molar-refractivity contribution is 5.96. The fourth-order valence-corrected chi connectivity index (χ4v) is 4.94. The van der Waals surface area contributed by atoms with Gasteiger partial charge in [-0.1, -0.05) is 13.0 Å². The van der Waals surface area contributed by atoms with Crippen molar-refractivity contribution in [1.29, 1.82) is 0 Å². The van der Waals surface area contributed by atoms with E-state index in [1.807, 2.05) is 18.9 Å². The molecule has 1 aromatic heterocycles. The summed E-state index contributed by atoms with van der Waals surface area (Å²) in [5, 5.41) is 10.7.